The zero-order chi connectivity index (χ0) is 18.7. The van der Waals surface area contributed by atoms with Crippen LogP contribution in [0.3, 0.4) is 0 Å². The zero-order valence-corrected chi connectivity index (χ0v) is 15.9. The molecule has 3 N–H and O–H groups in total. The van der Waals surface area contributed by atoms with Gasteiger partial charge < -0.3 is 10.1 Å². The van der Waals surface area contributed by atoms with Gasteiger partial charge in [0.05, 0.1) is 0 Å². The van der Waals surface area contributed by atoms with Crippen molar-refractivity contribution in [3.05, 3.63) is 30.1 Å². The van der Waals surface area contributed by atoms with Crippen LogP contribution in [0.25, 0.3) is 0 Å². The van der Waals surface area contributed by atoms with E-state index < -0.39 is 17.8 Å². The summed E-state index contributed by atoms with van der Waals surface area (Å²) in [5, 5.41) is 3.45. The Labute approximate surface area is 154 Å². The molecule has 1 rings (SSSR count). The van der Waals surface area contributed by atoms with Crippen LogP contribution in [0.2, 0.25) is 0 Å². The molecule has 0 spiro atoms. The number of ether oxygens (including phenoxy) is 1. The molecule has 1 amide bonds. The lowest BCUT2D eigenvalue weighted by Crippen LogP contribution is -2.51. The Bertz CT molecular complexity index is 557. The zero-order valence-electron chi connectivity index (χ0n) is 15.1. The molecule has 1 aromatic rings. The van der Waals surface area contributed by atoms with Gasteiger partial charge in [-0.2, -0.15) is 0 Å². The van der Waals surface area contributed by atoms with E-state index in [0.717, 1.165) is 19.4 Å². The molecular formula is C18H28FN3O2S. The predicted octanol–water partition coefficient (Wildman–Crippen LogP) is 3.30. The Morgan fingerprint density at radius 2 is 2.00 bits per heavy atom. The number of para-hydroxylation sites is 1. The van der Waals surface area contributed by atoms with E-state index in [1.807, 2.05) is 0 Å². The van der Waals surface area contributed by atoms with Gasteiger partial charge in [-0.3, -0.25) is 15.6 Å². The van der Waals surface area contributed by atoms with Gasteiger partial charge in [0, 0.05) is 6.54 Å². The van der Waals surface area contributed by atoms with Crippen LogP contribution >= 0.6 is 12.2 Å². The number of hydrogen-bond donors (Lipinski definition) is 3. The highest BCUT2D eigenvalue weighted by molar-refractivity contribution is 7.80. The normalized spacial score (nSPS) is 12.8. The van der Waals surface area contributed by atoms with E-state index in [1.165, 1.54) is 31.9 Å². The Kier molecular flexibility index (Phi) is 9.84. The SMILES string of the molecule is CCCC[C@H](CC)CNC(=S)NNC(=O)[C@@H](C)Oc1ccccc1F. The molecule has 140 valence electrons. The fourth-order valence-electron chi connectivity index (χ4n) is 2.23. The maximum Gasteiger partial charge on any atom is 0.279 e. The fourth-order valence-corrected chi connectivity index (χ4v) is 2.36. The minimum absolute atomic E-state index is 0.0348. The number of carbonyl (C=O) groups excluding carboxylic acids is 1. The standard InChI is InChI=1S/C18H28FN3O2S/c1-4-6-9-14(5-2)12-20-18(25)22-21-17(23)13(3)24-16-11-8-7-10-15(16)19/h7-8,10-11,13-14H,4-6,9,12H2,1-3H3,(H,21,23)(H2,20,22,25)/t13-,14+/m1/s1. The molecule has 0 aliphatic rings. The van der Waals surface area contributed by atoms with Gasteiger partial charge in [0.1, 0.15) is 0 Å². The summed E-state index contributed by atoms with van der Waals surface area (Å²) < 4.78 is 18.8. The number of thiocarbonyl (C=S) groups is 1. The van der Waals surface area contributed by atoms with Crippen molar-refractivity contribution in [2.45, 2.75) is 52.6 Å². The summed E-state index contributed by atoms with van der Waals surface area (Å²) in [6.45, 7) is 6.63. The van der Waals surface area contributed by atoms with Crippen LogP contribution in [0.1, 0.15) is 46.5 Å². The van der Waals surface area contributed by atoms with Crippen molar-refractivity contribution in [2.75, 3.05) is 6.54 Å². The number of hydrazine groups is 1. The number of rotatable bonds is 9. The minimum Gasteiger partial charge on any atom is -0.478 e. The van der Waals surface area contributed by atoms with Crippen LogP contribution in [0.15, 0.2) is 24.3 Å². The highest BCUT2D eigenvalue weighted by atomic mass is 32.1. The second-order valence-electron chi connectivity index (χ2n) is 5.93. The van der Waals surface area contributed by atoms with Crippen LogP contribution in [0.4, 0.5) is 4.39 Å². The summed E-state index contributed by atoms with van der Waals surface area (Å²) in [5.41, 5.74) is 5.11. The third-order valence-electron chi connectivity index (χ3n) is 3.90. The highest BCUT2D eigenvalue weighted by Gasteiger charge is 2.16. The summed E-state index contributed by atoms with van der Waals surface area (Å²) in [5.74, 6) is -0.360. The lowest BCUT2D eigenvalue weighted by atomic mass is 9.99. The van der Waals surface area contributed by atoms with Crippen molar-refractivity contribution in [3.8, 4) is 5.75 Å². The fraction of sp³-hybridized carbons (Fsp3) is 0.556. The first kappa shape index (κ1) is 21.2. The average Bonchev–Trinajstić information content (AvgIpc) is 2.61. The molecule has 2 atom stereocenters. The number of hydrogen-bond acceptors (Lipinski definition) is 3. The molecule has 0 aliphatic carbocycles. The van der Waals surface area contributed by atoms with E-state index in [9.17, 15) is 9.18 Å². The molecule has 0 unspecified atom stereocenters. The lowest BCUT2D eigenvalue weighted by Gasteiger charge is -2.19. The largest absolute Gasteiger partial charge is 0.478 e. The van der Waals surface area contributed by atoms with E-state index in [-0.39, 0.29) is 5.75 Å². The predicted molar refractivity (Wildman–Crippen MR) is 102 cm³/mol. The first-order valence-electron chi connectivity index (χ1n) is 8.72. The van der Waals surface area contributed by atoms with Crippen LogP contribution in [0, 0.1) is 11.7 Å². The Hall–Kier alpha value is -1.89. The van der Waals surface area contributed by atoms with E-state index >= 15 is 0 Å². The van der Waals surface area contributed by atoms with Gasteiger partial charge in [0.25, 0.3) is 5.91 Å². The van der Waals surface area contributed by atoms with Crippen LogP contribution in [-0.4, -0.2) is 23.7 Å². The number of carbonyl (C=O) groups is 1. The Morgan fingerprint density at radius 1 is 1.28 bits per heavy atom. The molecule has 0 bridgehead atoms. The first-order chi connectivity index (χ1) is 12.0. The van der Waals surface area contributed by atoms with E-state index in [2.05, 4.69) is 30.0 Å². The van der Waals surface area contributed by atoms with Crippen molar-refractivity contribution in [3.63, 3.8) is 0 Å². The molecule has 25 heavy (non-hydrogen) atoms. The maximum atomic E-state index is 13.5. The van der Waals surface area contributed by atoms with Crippen LogP contribution in [-0.2, 0) is 4.79 Å². The van der Waals surface area contributed by atoms with Crippen molar-refractivity contribution >= 4 is 23.2 Å². The van der Waals surface area contributed by atoms with Gasteiger partial charge in [-0.1, -0.05) is 45.2 Å². The topological polar surface area (TPSA) is 62.4 Å². The maximum absolute atomic E-state index is 13.5. The van der Waals surface area contributed by atoms with E-state index in [1.54, 1.807) is 12.1 Å². The summed E-state index contributed by atoms with van der Waals surface area (Å²) in [6, 6.07) is 5.95. The minimum atomic E-state index is -0.861. The molecule has 0 fully saturated rings. The molecule has 0 saturated heterocycles. The van der Waals surface area contributed by atoms with E-state index in [4.69, 9.17) is 17.0 Å². The lowest BCUT2D eigenvalue weighted by molar-refractivity contribution is -0.127. The molecular weight excluding hydrogens is 341 g/mol. The molecule has 0 radical (unpaired) electrons. The molecule has 7 heteroatoms. The van der Waals surface area contributed by atoms with Gasteiger partial charge >= 0.3 is 0 Å². The van der Waals surface area contributed by atoms with E-state index in [0.29, 0.717) is 11.0 Å². The Morgan fingerprint density at radius 3 is 2.64 bits per heavy atom. The smallest absolute Gasteiger partial charge is 0.279 e. The molecule has 0 aromatic heterocycles. The quantitative estimate of drug-likeness (QED) is 0.460. The van der Waals surface area contributed by atoms with Gasteiger partial charge in [0.2, 0.25) is 0 Å². The summed E-state index contributed by atoms with van der Waals surface area (Å²) >= 11 is 5.15. The Balaban J connectivity index is 2.32. The molecule has 1 aromatic carbocycles. The number of unbranched alkanes of at least 4 members (excludes halogenated alkanes) is 1. The molecule has 5 nitrogen and oxygen atoms in total. The van der Waals surface area contributed by atoms with Gasteiger partial charge in [-0.25, -0.2) is 4.39 Å². The average molecular weight is 370 g/mol. The van der Waals surface area contributed by atoms with Crippen molar-refractivity contribution in [2.24, 2.45) is 5.92 Å². The summed E-state index contributed by atoms with van der Waals surface area (Å²) in [4.78, 5) is 12.0. The summed E-state index contributed by atoms with van der Waals surface area (Å²) in [6.07, 6.45) is 3.75. The highest BCUT2D eigenvalue weighted by Crippen LogP contribution is 2.16. The van der Waals surface area contributed by atoms with Crippen LogP contribution in [0.5, 0.6) is 5.75 Å². The number of nitrogens with one attached hydrogen (secondary N) is 3. The molecule has 0 saturated carbocycles. The third kappa shape index (κ3) is 8.16. The van der Waals surface area contributed by atoms with Gasteiger partial charge in [-0.15, -0.1) is 0 Å². The number of halogens is 1. The van der Waals surface area contributed by atoms with Crippen LogP contribution < -0.4 is 20.9 Å². The van der Waals surface area contributed by atoms with Crippen molar-refractivity contribution in [1.29, 1.82) is 0 Å². The monoisotopic (exact) mass is 369 g/mol. The summed E-state index contributed by atoms with van der Waals surface area (Å²) in [7, 11) is 0. The third-order valence-corrected chi connectivity index (χ3v) is 4.15. The van der Waals surface area contributed by atoms with Crippen molar-refractivity contribution in [1.82, 2.24) is 16.2 Å². The molecule has 0 aliphatic heterocycles. The first-order valence-corrected chi connectivity index (χ1v) is 9.13. The van der Waals surface area contributed by atoms with Gasteiger partial charge in [0.15, 0.2) is 22.8 Å². The number of amides is 1. The van der Waals surface area contributed by atoms with Gasteiger partial charge in [-0.05, 0) is 43.6 Å². The second kappa shape index (κ2) is 11.6. The molecule has 0 heterocycles. The van der Waals surface area contributed by atoms with Crippen molar-refractivity contribution < 1.29 is 13.9 Å². The number of benzene rings is 1. The second-order valence-corrected chi connectivity index (χ2v) is 6.34.